The van der Waals surface area contributed by atoms with Crippen LogP contribution in [0.3, 0.4) is 0 Å². The zero-order chi connectivity index (χ0) is 29.4. The molecule has 3 amide bonds. The van der Waals surface area contributed by atoms with Crippen molar-refractivity contribution in [2.24, 2.45) is 0 Å². The van der Waals surface area contributed by atoms with Gasteiger partial charge < -0.3 is 14.8 Å². The van der Waals surface area contributed by atoms with Crippen molar-refractivity contribution >= 4 is 58.1 Å². The van der Waals surface area contributed by atoms with E-state index in [1.807, 2.05) is 6.92 Å². The SMILES string of the molecule is CCCCOC(=O)c1cc(NC(=O)CN2C(=O)S/C(=C/c3ccccc3OCc3ccccc3F)C2=O)ccc1Cl. The van der Waals surface area contributed by atoms with Crippen molar-refractivity contribution in [1.82, 2.24) is 4.90 Å². The van der Waals surface area contributed by atoms with Crippen LogP contribution < -0.4 is 10.1 Å². The van der Waals surface area contributed by atoms with Crippen LogP contribution in [0.2, 0.25) is 5.02 Å². The molecule has 1 aliphatic heterocycles. The number of para-hydroxylation sites is 1. The number of unbranched alkanes of at least 4 members (excludes halogenated alkanes) is 1. The number of benzene rings is 3. The molecule has 41 heavy (non-hydrogen) atoms. The van der Waals surface area contributed by atoms with Gasteiger partial charge in [0.1, 0.15) is 24.7 Å². The predicted molar refractivity (Wildman–Crippen MR) is 155 cm³/mol. The van der Waals surface area contributed by atoms with Crippen molar-refractivity contribution in [1.29, 1.82) is 0 Å². The van der Waals surface area contributed by atoms with E-state index < -0.39 is 35.4 Å². The maximum atomic E-state index is 14.0. The largest absolute Gasteiger partial charge is 0.488 e. The molecule has 0 unspecified atom stereocenters. The Balaban J connectivity index is 1.41. The Morgan fingerprint density at radius 3 is 2.61 bits per heavy atom. The lowest BCUT2D eigenvalue weighted by Crippen LogP contribution is -2.36. The third-order valence-electron chi connectivity index (χ3n) is 5.92. The van der Waals surface area contributed by atoms with Gasteiger partial charge >= 0.3 is 5.97 Å². The zero-order valence-electron chi connectivity index (χ0n) is 22.0. The average molecular weight is 597 g/mol. The third-order valence-corrected chi connectivity index (χ3v) is 7.16. The van der Waals surface area contributed by atoms with Crippen LogP contribution in [-0.2, 0) is 20.9 Å². The van der Waals surface area contributed by atoms with E-state index in [0.717, 1.165) is 11.3 Å². The molecule has 212 valence electrons. The van der Waals surface area contributed by atoms with Crippen LogP contribution in [0.5, 0.6) is 5.75 Å². The third kappa shape index (κ3) is 7.74. The number of carbonyl (C=O) groups is 4. The first-order chi connectivity index (χ1) is 19.8. The van der Waals surface area contributed by atoms with E-state index >= 15 is 0 Å². The summed E-state index contributed by atoms with van der Waals surface area (Å²) in [7, 11) is 0. The molecule has 1 fully saturated rings. The number of esters is 1. The van der Waals surface area contributed by atoms with Crippen molar-refractivity contribution in [3.63, 3.8) is 0 Å². The van der Waals surface area contributed by atoms with Crippen molar-refractivity contribution in [2.45, 2.75) is 26.4 Å². The smallest absolute Gasteiger partial charge is 0.339 e. The van der Waals surface area contributed by atoms with Gasteiger partial charge in [0, 0.05) is 16.8 Å². The van der Waals surface area contributed by atoms with E-state index in [9.17, 15) is 23.6 Å². The number of nitrogens with zero attached hydrogens (tertiary/aromatic N) is 1. The molecule has 0 spiro atoms. The molecule has 11 heteroatoms. The molecule has 8 nitrogen and oxygen atoms in total. The van der Waals surface area contributed by atoms with Crippen LogP contribution in [0.1, 0.15) is 41.3 Å². The molecule has 1 heterocycles. The molecule has 0 saturated carbocycles. The van der Waals surface area contributed by atoms with E-state index in [4.69, 9.17) is 21.1 Å². The number of anilines is 1. The summed E-state index contributed by atoms with van der Waals surface area (Å²) in [5.41, 5.74) is 1.23. The molecule has 4 rings (SSSR count). The van der Waals surface area contributed by atoms with Crippen molar-refractivity contribution in [3.05, 3.63) is 99.2 Å². The lowest BCUT2D eigenvalue weighted by atomic mass is 10.1. The van der Waals surface area contributed by atoms with E-state index in [1.54, 1.807) is 42.5 Å². The molecule has 1 saturated heterocycles. The molecule has 0 bridgehead atoms. The highest BCUT2D eigenvalue weighted by atomic mass is 35.5. The Morgan fingerprint density at radius 1 is 1.07 bits per heavy atom. The molecule has 1 aliphatic rings. The standard InChI is InChI=1S/C30H26ClFN2O6S/c1-2-3-14-39-29(37)22-16-21(12-13-23(22)31)33-27(35)17-34-28(36)26(41-30(34)38)15-19-8-5-7-11-25(19)40-18-20-9-4-6-10-24(20)32/h4-13,15-16H,2-3,14,17-18H2,1H3,(H,33,35)/b26-15+. The zero-order valence-corrected chi connectivity index (χ0v) is 23.6. The Kier molecular flexibility index (Phi) is 10.2. The summed E-state index contributed by atoms with van der Waals surface area (Å²) in [6.07, 6.45) is 3.06. The van der Waals surface area contributed by atoms with Crippen LogP contribution in [-0.4, -0.2) is 41.1 Å². The number of halogens is 2. The van der Waals surface area contributed by atoms with Crippen LogP contribution in [0.25, 0.3) is 6.08 Å². The summed E-state index contributed by atoms with van der Waals surface area (Å²) in [6.45, 7) is 1.65. The van der Waals surface area contributed by atoms with Crippen LogP contribution in [0.4, 0.5) is 14.9 Å². The molecular formula is C30H26ClFN2O6S. The number of imide groups is 1. The fourth-order valence-electron chi connectivity index (χ4n) is 3.77. The topological polar surface area (TPSA) is 102 Å². The number of ether oxygens (including phenoxy) is 2. The highest BCUT2D eigenvalue weighted by Gasteiger charge is 2.36. The first-order valence-corrected chi connectivity index (χ1v) is 13.9. The van der Waals surface area contributed by atoms with Gasteiger partial charge in [-0.2, -0.15) is 0 Å². The Morgan fingerprint density at radius 2 is 1.83 bits per heavy atom. The molecule has 0 radical (unpaired) electrons. The summed E-state index contributed by atoms with van der Waals surface area (Å²) in [5.74, 6) is -1.91. The number of hydrogen-bond acceptors (Lipinski definition) is 7. The van der Waals surface area contributed by atoms with E-state index in [0.29, 0.717) is 35.1 Å². The summed E-state index contributed by atoms with van der Waals surface area (Å²) in [4.78, 5) is 51.6. The minimum atomic E-state index is -0.644. The van der Waals surface area contributed by atoms with Crippen LogP contribution in [0.15, 0.2) is 71.6 Å². The van der Waals surface area contributed by atoms with Gasteiger partial charge in [0.2, 0.25) is 5.91 Å². The highest BCUT2D eigenvalue weighted by Crippen LogP contribution is 2.34. The van der Waals surface area contributed by atoms with Crippen molar-refractivity contribution in [2.75, 3.05) is 18.5 Å². The van der Waals surface area contributed by atoms with Gasteiger partial charge in [0.05, 0.1) is 22.1 Å². The van der Waals surface area contributed by atoms with Gasteiger partial charge in [0.15, 0.2) is 0 Å². The lowest BCUT2D eigenvalue weighted by molar-refractivity contribution is -0.127. The van der Waals surface area contributed by atoms with Crippen molar-refractivity contribution in [3.8, 4) is 5.75 Å². The number of carbonyl (C=O) groups excluding carboxylic acids is 4. The van der Waals surface area contributed by atoms with Gasteiger partial charge in [-0.1, -0.05) is 61.3 Å². The Hall–Kier alpha value is -4.15. The second kappa shape index (κ2) is 14.0. The first-order valence-electron chi connectivity index (χ1n) is 12.7. The Labute approximate surface area is 245 Å². The molecule has 3 aromatic rings. The molecule has 3 aromatic carbocycles. The maximum absolute atomic E-state index is 14.0. The van der Waals surface area contributed by atoms with Crippen LogP contribution in [0, 0.1) is 5.82 Å². The second-order valence-corrected chi connectivity index (χ2v) is 10.3. The second-order valence-electron chi connectivity index (χ2n) is 8.92. The number of rotatable bonds is 11. The number of amides is 3. The normalized spacial score (nSPS) is 13.9. The minimum Gasteiger partial charge on any atom is -0.488 e. The van der Waals surface area contributed by atoms with E-state index in [1.165, 1.54) is 30.3 Å². The van der Waals surface area contributed by atoms with Crippen LogP contribution >= 0.6 is 23.4 Å². The first kappa shape index (κ1) is 29.8. The summed E-state index contributed by atoms with van der Waals surface area (Å²) in [6, 6.07) is 17.4. The maximum Gasteiger partial charge on any atom is 0.339 e. The molecule has 0 atom stereocenters. The van der Waals surface area contributed by atoms with E-state index in [2.05, 4.69) is 5.32 Å². The van der Waals surface area contributed by atoms with Gasteiger partial charge in [-0.3, -0.25) is 19.3 Å². The van der Waals surface area contributed by atoms with E-state index in [-0.39, 0.29) is 34.4 Å². The molecule has 1 N–H and O–H groups in total. The molecule has 0 aliphatic carbocycles. The summed E-state index contributed by atoms with van der Waals surface area (Å²) >= 11 is 6.81. The van der Waals surface area contributed by atoms with Gasteiger partial charge in [0.25, 0.3) is 11.1 Å². The quantitative estimate of drug-likeness (QED) is 0.149. The predicted octanol–water partition coefficient (Wildman–Crippen LogP) is 6.69. The Bertz CT molecular complexity index is 1510. The average Bonchev–Trinajstić information content (AvgIpc) is 3.21. The van der Waals surface area contributed by atoms with Gasteiger partial charge in [-0.15, -0.1) is 0 Å². The summed E-state index contributed by atoms with van der Waals surface area (Å²) < 4.78 is 25.0. The minimum absolute atomic E-state index is 0.0257. The summed E-state index contributed by atoms with van der Waals surface area (Å²) in [5, 5.41) is 2.13. The fraction of sp³-hybridized carbons (Fsp3) is 0.200. The monoisotopic (exact) mass is 596 g/mol. The molecule has 0 aromatic heterocycles. The van der Waals surface area contributed by atoms with Gasteiger partial charge in [-0.25, -0.2) is 9.18 Å². The lowest BCUT2D eigenvalue weighted by Gasteiger charge is -2.13. The fourth-order valence-corrected chi connectivity index (χ4v) is 4.79. The highest BCUT2D eigenvalue weighted by molar-refractivity contribution is 8.18. The number of thioether (sulfide) groups is 1. The number of hydrogen-bond donors (Lipinski definition) is 1. The number of nitrogens with one attached hydrogen (secondary N) is 1. The molecular weight excluding hydrogens is 571 g/mol. The van der Waals surface area contributed by atoms with Crippen molar-refractivity contribution < 1.29 is 33.0 Å². The van der Waals surface area contributed by atoms with Gasteiger partial charge in [-0.05, 0) is 54.6 Å².